The molecule has 0 atom stereocenters. The number of rotatable bonds is 2. The van der Waals surface area contributed by atoms with Crippen LogP contribution in [-0.2, 0) is 4.79 Å². The maximum atomic E-state index is 12.8. The van der Waals surface area contributed by atoms with Crippen molar-refractivity contribution in [3.05, 3.63) is 41.0 Å². The minimum atomic E-state index is -1.63. The van der Waals surface area contributed by atoms with Gasteiger partial charge in [0.2, 0.25) is 5.83 Å². The molecule has 0 fully saturated rings. The Kier molecular flexibility index (Phi) is 2.96. The van der Waals surface area contributed by atoms with Crippen LogP contribution in [-0.4, -0.2) is 11.1 Å². The van der Waals surface area contributed by atoms with E-state index in [1.54, 1.807) is 0 Å². The number of aryl methyl sites for hydroxylation is 1. The molecule has 0 saturated carbocycles. The first-order valence-corrected chi connectivity index (χ1v) is 3.87. The minimum Gasteiger partial charge on any atom is -0.476 e. The fourth-order valence-electron chi connectivity index (χ4n) is 0.966. The fourth-order valence-corrected chi connectivity index (χ4v) is 0.966. The Morgan fingerprint density at radius 3 is 2.64 bits per heavy atom. The van der Waals surface area contributed by atoms with E-state index in [2.05, 4.69) is 0 Å². The van der Waals surface area contributed by atoms with Crippen LogP contribution < -0.4 is 0 Å². The van der Waals surface area contributed by atoms with Crippen molar-refractivity contribution < 1.29 is 18.7 Å². The van der Waals surface area contributed by atoms with Crippen molar-refractivity contribution in [3.63, 3.8) is 0 Å². The van der Waals surface area contributed by atoms with Crippen molar-refractivity contribution in [2.75, 3.05) is 0 Å². The van der Waals surface area contributed by atoms with E-state index in [0.717, 1.165) is 12.1 Å². The van der Waals surface area contributed by atoms with Crippen LogP contribution in [0.5, 0.6) is 0 Å². The summed E-state index contributed by atoms with van der Waals surface area (Å²) >= 11 is 0. The fraction of sp³-hybridized carbons (Fsp3) is 0.100. The van der Waals surface area contributed by atoms with Crippen molar-refractivity contribution in [1.29, 1.82) is 0 Å². The van der Waals surface area contributed by atoms with Crippen molar-refractivity contribution in [2.24, 2.45) is 0 Å². The molecule has 0 radical (unpaired) electrons. The molecule has 74 valence electrons. The van der Waals surface area contributed by atoms with Crippen molar-refractivity contribution in [2.45, 2.75) is 6.92 Å². The zero-order valence-electron chi connectivity index (χ0n) is 7.42. The van der Waals surface area contributed by atoms with E-state index in [4.69, 9.17) is 5.11 Å². The van der Waals surface area contributed by atoms with Gasteiger partial charge in [0.05, 0.1) is 0 Å². The maximum absolute atomic E-state index is 12.8. The summed E-state index contributed by atoms with van der Waals surface area (Å²) in [6.45, 7) is 1.52. The van der Waals surface area contributed by atoms with Crippen LogP contribution in [0.15, 0.2) is 24.0 Å². The molecular weight excluding hydrogens is 190 g/mol. The molecule has 0 aliphatic heterocycles. The largest absolute Gasteiger partial charge is 0.476 e. The Morgan fingerprint density at radius 1 is 1.50 bits per heavy atom. The predicted molar refractivity (Wildman–Crippen MR) is 47.9 cm³/mol. The normalized spacial score (nSPS) is 11.5. The first-order valence-electron chi connectivity index (χ1n) is 3.87. The quantitative estimate of drug-likeness (QED) is 0.741. The third-order valence-corrected chi connectivity index (χ3v) is 1.68. The Hall–Kier alpha value is -1.71. The Balaban J connectivity index is 3.04. The molecule has 0 bridgehead atoms. The molecule has 0 spiro atoms. The van der Waals surface area contributed by atoms with Gasteiger partial charge in [0.15, 0.2) is 0 Å². The summed E-state index contributed by atoms with van der Waals surface area (Å²) in [7, 11) is 0. The molecule has 0 amide bonds. The zero-order chi connectivity index (χ0) is 10.7. The summed E-state index contributed by atoms with van der Waals surface area (Å²) in [6, 6.07) is 3.85. The zero-order valence-corrected chi connectivity index (χ0v) is 7.42. The van der Waals surface area contributed by atoms with Gasteiger partial charge in [-0.2, -0.15) is 4.39 Å². The lowest BCUT2D eigenvalue weighted by Crippen LogP contribution is -1.94. The van der Waals surface area contributed by atoms with Gasteiger partial charge in [-0.1, -0.05) is 6.07 Å². The number of carboxylic acid groups (broad SMARTS) is 1. The summed E-state index contributed by atoms with van der Waals surface area (Å²) in [4.78, 5) is 10.1. The van der Waals surface area contributed by atoms with Gasteiger partial charge in [0.1, 0.15) is 5.82 Å². The molecule has 0 heterocycles. The van der Waals surface area contributed by atoms with Gasteiger partial charge in [-0.3, -0.25) is 0 Å². The Bertz CT molecular complexity index is 397. The SMILES string of the molecule is Cc1cc(C=C(F)C(=O)O)ccc1F. The van der Waals surface area contributed by atoms with Gasteiger partial charge in [0, 0.05) is 0 Å². The van der Waals surface area contributed by atoms with Crippen molar-refractivity contribution >= 4 is 12.0 Å². The monoisotopic (exact) mass is 198 g/mol. The summed E-state index contributed by atoms with van der Waals surface area (Å²) in [5.41, 5.74) is 0.667. The molecule has 0 unspecified atom stereocenters. The van der Waals surface area contributed by atoms with Crippen molar-refractivity contribution in [1.82, 2.24) is 0 Å². The Labute approximate surface area is 79.5 Å². The van der Waals surface area contributed by atoms with Gasteiger partial charge in [-0.25, -0.2) is 9.18 Å². The number of carbonyl (C=O) groups is 1. The highest BCUT2D eigenvalue weighted by molar-refractivity contribution is 5.89. The van der Waals surface area contributed by atoms with Gasteiger partial charge in [0.25, 0.3) is 0 Å². The highest BCUT2D eigenvalue weighted by atomic mass is 19.1. The Morgan fingerprint density at radius 2 is 2.14 bits per heavy atom. The van der Waals surface area contributed by atoms with E-state index in [0.29, 0.717) is 11.1 Å². The molecule has 4 heteroatoms. The van der Waals surface area contributed by atoms with Crippen LogP contribution in [0.25, 0.3) is 6.08 Å². The number of halogens is 2. The van der Waals surface area contributed by atoms with E-state index in [1.165, 1.54) is 19.1 Å². The molecule has 1 aromatic rings. The van der Waals surface area contributed by atoms with Crippen molar-refractivity contribution in [3.8, 4) is 0 Å². The second-order valence-corrected chi connectivity index (χ2v) is 2.81. The molecule has 2 nitrogen and oxygen atoms in total. The number of aliphatic carboxylic acids is 1. The van der Waals surface area contributed by atoms with Gasteiger partial charge in [-0.05, 0) is 36.3 Å². The molecule has 1 aromatic carbocycles. The standard InChI is InChI=1S/C10H8F2O2/c1-6-4-7(2-3-8(6)11)5-9(12)10(13)14/h2-5H,1H3,(H,13,14). The minimum absolute atomic E-state index is 0.323. The summed E-state index contributed by atoms with van der Waals surface area (Å²) in [6.07, 6.45) is 0.842. The predicted octanol–water partition coefficient (Wildman–Crippen LogP) is 2.53. The number of hydrogen-bond acceptors (Lipinski definition) is 1. The first kappa shape index (κ1) is 10.4. The summed E-state index contributed by atoms with van der Waals surface area (Å²) in [5.74, 6) is -3.30. The number of carboxylic acids is 1. The second-order valence-electron chi connectivity index (χ2n) is 2.81. The van der Waals surface area contributed by atoms with E-state index < -0.39 is 17.6 Å². The first-order chi connectivity index (χ1) is 6.50. The molecule has 1 rings (SSSR count). The lowest BCUT2D eigenvalue weighted by atomic mass is 10.1. The van der Waals surface area contributed by atoms with Crippen LogP contribution in [0.2, 0.25) is 0 Å². The lowest BCUT2D eigenvalue weighted by molar-refractivity contribution is -0.134. The van der Waals surface area contributed by atoms with E-state index >= 15 is 0 Å². The molecule has 0 saturated heterocycles. The van der Waals surface area contributed by atoms with E-state index in [9.17, 15) is 13.6 Å². The highest BCUT2D eigenvalue weighted by Crippen LogP contribution is 2.13. The van der Waals surface area contributed by atoms with Crippen LogP contribution in [0.1, 0.15) is 11.1 Å². The molecule has 1 N–H and O–H groups in total. The summed E-state index contributed by atoms with van der Waals surface area (Å²) in [5, 5.41) is 8.25. The highest BCUT2D eigenvalue weighted by Gasteiger charge is 2.05. The second kappa shape index (κ2) is 4.00. The van der Waals surface area contributed by atoms with Crippen LogP contribution in [0, 0.1) is 12.7 Å². The number of hydrogen-bond donors (Lipinski definition) is 1. The smallest absolute Gasteiger partial charge is 0.364 e. The van der Waals surface area contributed by atoms with E-state index in [1.807, 2.05) is 0 Å². The van der Waals surface area contributed by atoms with Gasteiger partial charge >= 0.3 is 5.97 Å². The topological polar surface area (TPSA) is 37.3 Å². The maximum Gasteiger partial charge on any atom is 0.364 e. The van der Waals surface area contributed by atoms with E-state index in [-0.39, 0.29) is 0 Å². The molecule has 0 aliphatic rings. The average molecular weight is 198 g/mol. The van der Waals surface area contributed by atoms with Crippen LogP contribution in [0.3, 0.4) is 0 Å². The third kappa shape index (κ3) is 2.39. The lowest BCUT2D eigenvalue weighted by Gasteiger charge is -1.97. The van der Waals surface area contributed by atoms with Crippen LogP contribution >= 0.6 is 0 Å². The number of benzene rings is 1. The molecule has 14 heavy (non-hydrogen) atoms. The summed E-state index contributed by atoms with van der Waals surface area (Å²) < 4.78 is 25.4. The average Bonchev–Trinajstić information content (AvgIpc) is 2.11. The van der Waals surface area contributed by atoms with Gasteiger partial charge in [-0.15, -0.1) is 0 Å². The molecular formula is C10H8F2O2. The molecule has 0 aliphatic carbocycles. The molecule has 0 aromatic heterocycles. The van der Waals surface area contributed by atoms with Crippen LogP contribution in [0.4, 0.5) is 8.78 Å². The third-order valence-electron chi connectivity index (χ3n) is 1.68. The van der Waals surface area contributed by atoms with Gasteiger partial charge < -0.3 is 5.11 Å².